The van der Waals surface area contributed by atoms with Crippen molar-refractivity contribution in [2.45, 2.75) is 9.79 Å². The van der Waals surface area contributed by atoms with Gasteiger partial charge in [-0.1, -0.05) is 21.6 Å². The highest BCUT2D eigenvalue weighted by Gasteiger charge is 2.20. The number of benzene rings is 2. The summed E-state index contributed by atoms with van der Waals surface area (Å²) in [5, 5.41) is 19.0. The molecule has 2 aromatic rings. The number of rotatable bonds is 9. The molecule has 0 aliphatic carbocycles. The average Bonchev–Trinajstić information content (AvgIpc) is 2.70. The summed E-state index contributed by atoms with van der Waals surface area (Å²) in [5.74, 6) is -0.995. The largest absolute Gasteiger partial charge is 0.493 e. The van der Waals surface area contributed by atoms with E-state index in [0.29, 0.717) is 21.3 Å². The van der Waals surface area contributed by atoms with Crippen LogP contribution in [0.4, 0.5) is 0 Å². The zero-order chi connectivity index (χ0) is 20.8. The quantitative estimate of drug-likeness (QED) is 0.572. The lowest BCUT2D eigenvalue weighted by atomic mass is 10.2. The first kappa shape index (κ1) is 21.6. The van der Waals surface area contributed by atoms with Crippen molar-refractivity contribution in [1.29, 1.82) is 0 Å². The van der Waals surface area contributed by atoms with E-state index in [1.165, 1.54) is 52.7 Å². The maximum absolute atomic E-state index is 11.6. The fourth-order valence-electron chi connectivity index (χ4n) is 2.28. The molecular weight excluding hydrogens is 408 g/mol. The van der Waals surface area contributed by atoms with Gasteiger partial charge in [-0.2, -0.15) is 0 Å². The summed E-state index contributed by atoms with van der Waals surface area (Å²) in [6, 6.07) is 5.77. The molecule has 10 heteroatoms. The summed E-state index contributed by atoms with van der Waals surface area (Å²) in [7, 11) is 7.87. The zero-order valence-electron chi connectivity index (χ0n) is 15.5. The third kappa shape index (κ3) is 4.57. The fraction of sp³-hybridized carbons (Fsp3) is 0.222. The van der Waals surface area contributed by atoms with Crippen LogP contribution in [-0.2, 0) is 0 Å². The Morgan fingerprint density at radius 3 is 1.18 bits per heavy atom. The minimum absolute atomic E-state index is 0.00695. The van der Waals surface area contributed by atoms with Crippen LogP contribution in [0.2, 0.25) is 0 Å². The molecule has 2 aromatic carbocycles. The first-order valence-corrected chi connectivity index (χ1v) is 9.84. The predicted molar refractivity (Wildman–Crippen MR) is 105 cm³/mol. The molecule has 0 fully saturated rings. The van der Waals surface area contributed by atoms with Crippen LogP contribution in [0.1, 0.15) is 20.7 Å². The van der Waals surface area contributed by atoms with Crippen LogP contribution in [0.3, 0.4) is 0 Å². The lowest BCUT2D eigenvalue weighted by Crippen LogP contribution is -2.02. The number of aromatic carboxylic acids is 2. The molecule has 0 amide bonds. The topological polar surface area (TPSA) is 112 Å². The molecule has 0 spiro atoms. The second-order valence-corrected chi connectivity index (χ2v) is 7.40. The van der Waals surface area contributed by atoms with Crippen LogP contribution in [0.15, 0.2) is 34.1 Å². The van der Waals surface area contributed by atoms with Crippen LogP contribution < -0.4 is 18.9 Å². The number of hydrogen-bond acceptors (Lipinski definition) is 8. The molecule has 0 saturated carbocycles. The highest BCUT2D eigenvalue weighted by Crippen LogP contribution is 2.46. The van der Waals surface area contributed by atoms with Gasteiger partial charge in [-0.05, 0) is 24.3 Å². The van der Waals surface area contributed by atoms with Crippen LogP contribution in [0.25, 0.3) is 0 Å². The molecule has 0 unspecified atom stereocenters. The maximum atomic E-state index is 11.6. The van der Waals surface area contributed by atoms with Gasteiger partial charge >= 0.3 is 11.9 Å². The van der Waals surface area contributed by atoms with E-state index in [2.05, 4.69) is 0 Å². The van der Waals surface area contributed by atoms with Crippen molar-refractivity contribution in [3.63, 3.8) is 0 Å². The molecule has 2 rings (SSSR count). The lowest BCUT2D eigenvalue weighted by molar-refractivity contribution is 0.0681. The smallest absolute Gasteiger partial charge is 0.337 e. The maximum Gasteiger partial charge on any atom is 0.337 e. The van der Waals surface area contributed by atoms with Gasteiger partial charge < -0.3 is 29.2 Å². The van der Waals surface area contributed by atoms with Gasteiger partial charge in [0.25, 0.3) is 0 Å². The zero-order valence-corrected chi connectivity index (χ0v) is 17.1. The highest BCUT2D eigenvalue weighted by atomic mass is 33.1. The second kappa shape index (κ2) is 9.47. The van der Waals surface area contributed by atoms with E-state index in [1.807, 2.05) is 0 Å². The summed E-state index contributed by atoms with van der Waals surface area (Å²) in [5.41, 5.74) is 0.0139. The van der Waals surface area contributed by atoms with Crippen molar-refractivity contribution in [3.8, 4) is 23.0 Å². The molecule has 150 valence electrons. The molecule has 0 aliphatic rings. The first-order chi connectivity index (χ1) is 13.4. The second-order valence-electron chi connectivity index (χ2n) is 5.18. The molecule has 0 radical (unpaired) electrons. The van der Waals surface area contributed by atoms with Crippen LogP contribution >= 0.6 is 21.6 Å². The molecule has 0 heterocycles. The Kier molecular flexibility index (Phi) is 7.30. The minimum Gasteiger partial charge on any atom is -0.493 e. The molecule has 8 nitrogen and oxygen atoms in total. The van der Waals surface area contributed by atoms with Gasteiger partial charge in [0.1, 0.15) is 0 Å². The molecule has 2 N–H and O–H groups in total. The Labute approximate surface area is 169 Å². The molecular formula is C18H18O8S2. The van der Waals surface area contributed by atoms with Gasteiger partial charge in [-0.3, -0.25) is 0 Å². The van der Waals surface area contributed by atoms with Gasteiger partial charge in [-0.25, -0.2) is 9.59 Å². The Balaban J connectivity index is 2.45. The number of carboxylic acid groups (broad SMARTS) is 2. The van der Waals surface area contributed by atoms with Gasteiger partial charge in [0, 0.05) is 9.79 Å². The van der Waals surface area contributed by atoms with Crippen molar-refractivity contribution in [1.82, 2.24) is 0 Å². The summed E-state index contributed by atoms with van der Waals surface area (Å²) < 4.78 is 20.7. The Hall–Kier alpha value is -2.72. The van der Waals surface area contributed by atoms with E-state index in [-0.39, 0.29) is 22.6 Å². The fourth-order valence-corrected chi connectivity index (χ4v) is 4.61. The molecule has 0 bridgehead atoms. The lowest BCUT2D eigenvalue weighted by Gasteiger charge is -2.14. The SMILES string of the molecule is COc1cc(SSc2cc(OC)c(OC)cc2C(=O)O)c(C(=O)O)cc1OC. The van der Waals surface area contributed by atoms with Crippen molar-refractivity contribution < 1.29 is 38.7 Å². The monoisotopic (exact) mass is 426 g/mol. The van der Waals surface area contributed by atoms with E-state index in [0.717, 1.165) is 21.6 Å². The van der Waals surface area contributed by atoms with Crippen molar-refractivity contribution >= 4 is 33.5 Å². The Morgan fingerprint density at radius 1 is 0.643 bits per heavy atom. The van der Waals surface area contributed by atoms with Crippen molar-refractivity contribution in [2.75, 3.05) is 28.4 Å². The third-order valence-corrected chi connectivity index (χ3v) is 6.10. The van der Waals surface area contributed by atoms with Crippen LogP contribution in [0.5, 0.6) is 23.0 Å². The number of methoxy groups -OCH3 is 4. The normalized spacial score (nSPS) is 10.3. The summed E-state index contributed by atoms with van der Waals surface area (Å²) in [4.78, 5) is 24.0. The number of hydrogen-bond donors (Lipinski definition) is 2. The summed E-state index contributed by atoms with van der Waals surface area (Å²) >= 11 is 0. The Bertz CT molecular complexity index is 824. The van der Waals surface area contributed by atoms with Gasteiger partial charge in [0.2, 0.25) is 0 Å². The third-order valence-electron chi connectivity index (χ3n) is 3.65. The van der Waals surface area contributed by atoms with E-state index in [1.54, 1.807) is 0 Å². The first-order valence-electron chi connectivity index (χ1n) is 7.69. The van der Waals surface area contributed by atoms with Gasteiger partial charge in [0.05, 0.1) is 39.6 Å². The standard InChI is InChI=1S/C18H18O8S2/c1-23-11-5-9(17(19)20)15(7-13(11)25-3)27-28-16-8-14(26-4)12(24-2)6-10(16)18(21)22/h5-8H,1-4H3,(H,19,20)(H,21,22). The molecule has 0 aromatic heterocycles. The summed E-state index contributed by atoms with van der Waals surface area (Å²) in [6.45, 7) is 0. The van der Waals surface area contributed by atoms with E-state index in [4.69, 9.17) is 18.9 Å². The average molecular weight is 426 g/mol. The van der Waals surface area contributed by atoms with Crippen LogP contribution in [-0.4, -0.2) is 50.6 Å². The molecule has 0 atom stereocenters. The molecule has 0 aliphatic heterocycles. The van der Waals surface area contributed by atoms with Crippen molar-refractivity contribution in [3.05, 3.63) is 35.4 Å². The van der Waals surface area contributed by atoms with Gasteiger partial charge in [-0.15, -0.1) is 0 Å². The highest BCUT2D eigenvalue weighted by molar-refractivity contribution is 8.76. The number of carbonyl (C=O) groups is 2. The van der Waals surface area contributed by atoms with E-state index in [9.17, 15) is 19.8 Å². The Morgan fingerprint density at radius 2 is 0.929 bits per heavy atom. The number of ether oxygens (including phenoxy) is 4. The van der Waals surface area contributed by atoms with Crippen molar-refractivity contribution in [2.24, 2.45) is 0 Å². The summed E-state index contributed by atoms with van der Waals surface area (Å²) in [6.07, 6.45) is 0. The van der Waals surface area contributed by atoms with Crippen LogP contribution in [0, 0.1) is 0 Å². The number of carboxylic acids is 2. The minimum atomic E-state index is -1.14. The molecule has 28 heavy (non-hydrogen) atoms. The van der Waals surface area contributed by atoms with E-state index >= 15 is 0 Å². The van der Waals surface area contributed by atoms with Gasteiger partial charge in [0.15, 0.2) is 23.0 Å². The molecule has 0 saturated heterocycles. The van der Waals surface area contributed by atoms with E-state index < -0.39 is 11.9 Å². The predicted octanol–water partition coefficient (Wildman–Crippen LogP) is 3.92.